The molecule has 13 heavy (non-hydrogen) atoms. The topological polar surface area (TPSA) is 28.7 Å². The molecule has 0 radical (unpaired) electrons. The van der Waals surface area contributed by atoms with Crippen molar-refractivity contribution >= 4 is 0 Å². The van der Waals surface area contributed by atoms with Gasteiger partial charge in [0.25, 0.3) is 0 Å². The first-order valence-electron chi connectivity index (χ1n) is 4.87. The third kappa shape index (κ3) is 2.35. The molecule has 0 fully saturated rings. The Hall–Kier alpha value is -1.23. The summed E-state index contributed by atoms with van der Waals surface area (Å²) in [6.07, 6.45) is 4.34. The number of nitriles is 1. The summed E-state index contributed by atoms with van der Waals surface area (Å²) in [5, 5.41) is 8.79. The minimum atomic E-state index is 0.694. The van der Waals surface area contributed by atoms with E-state index < -0.39 is 0 Å². The molecular weight excluding hydrogens is 160 g/mol. The SMILES string of the molecule is CCC(CC)Cn1cccc1C#N. The molecule has 0 aliphatic heterocycles. The first-order valence-corrected chi connectivity index (χ1v) is 4.87. The second-order valence-corrected chi connectivity index (χ2v) is 3.34. The molecule has 0 amide bonds. The minimum Gasteiger partial charge on any atom is -0.339 e. The van der Waals surface area contributed by atoms with E-state index >= 15 is 0 Å². The lowest BCUT2D eigenvalue weighted by Gasteiger charge is -2.13. The van der Waals surface area contributed by atoms with Crippen molar-refractivity contribution in [2.24, 2.45) is 5.92 Å². The highest BCUT2D eigenvalue weighted by Crippen LogP contribution is 2.12. The average molecular weight is 176 g/mol. The summed E-state index contributed by atoms with van der Waals surface area (Å²) in [6, 6.07) is 5.99. The van der Waals surface area contributed by atoms with Gasteiger partial charge in [-0.3, -0.25) is 0 Å². The summed E-state index contributed by atoms with van der Waals surface area (Å²) in [7, 11) is 0. The highest BCUT2D eigenvalue weighted by atomic mass is 15.0. The Morgan fingerprint density at radius 3 is 2.69 bits per heavy atom. The van der Waals surface area contributed by atoms with Gasteiger partial charge < -0.3 is 4.57 Å². The van der Waals surface area contributed by atoms with Crippen LogP contribution in [0.4, 0.5) is 0 Å². The number of hydrogen-bond acceptors (Lipinski definition) is 1. The molecule has 0 unspecified atom stereocenters. The van der Waals surface area contributed by atoms with Crippen molar-refractivity contribution in [3.8, 4) is 6.07 Å². The lowest BCUT2D eigenvalue weighted by molar-refractivity contribution is 0.418. The van der Waals surface area contributed by atoms with Gasteiger partial charge in [-0.05, 0) is 18.1 Å². The Kier molecular flexibility index (Phi) is 3.57. The van der Waals surface area contributed by atoms with Gasteiger partial charge in [-0.2, -0.15) is 5.26 Å². The summed E-state index contributed by atoms with van der Waals surface area (Å²) in [4.78, 5) is 0. The zero-order valence-electron chi connectivity index (χ0n) is 8.33. The maximum atomic E-state index is 8.79. The predicted octanol–water partition coefficient (Wildman–Crippen LogP) is 2.80. The lowest BCUT2D eigenvalue weighted by atomic mass is 10.0. The maximum Gasteiger partial charge on any atom is 0.120 e. The Bertz CT molecular complexity index is 289. The van der Waals surface area contributed by atoms with Gasteiger partial charge in [0, 0.05) is 12.7 Å². The van der Waals surface area contributed by atoms with Gasteiger partial charge in [-0.25, -0.2) is 0 Å². The summed E-state index contributed by atoms with van der Waals surface area (Å²) in [5.74, 6) is 0.694. The minimum absolute atomic E-state index is 0.694. The number of rotatable bonds is 4. The molecule has 2 nitrogen and oxygen atoms in total. The van der Waals surface area contributed by atoms with Crippen LogP contribution in [-0.2, 0) is 6.54 Å². The second kappa shape index (κ2) is 4.71. The first-order chi connectivity index (χ1) is 6.31. The van der Waals surface area contributed by atoms with E-state index in [-0.39, 0.29) is 0 Å². The average Bonchev–Trinajstić information content (AvgIpc) is 2.61. The highest BCUT2D eigenvalue weighted by molar-refractivity contribution is 5.21. The van der Waals surface area contributed by atoms with Crippen molar-refractivity contribution in [3.63, 3.8) is 0 Å². The standard InChI is InChI=1S/C11H16N2/c1-3-10(4-2)9-13-7-5-6-11(13)8-12/h5-7,10H,3-4,9H2,1-2H3. The molecule has 0 saturated heterocycles. The molecule has 1 heterocycles. The lowest BCUT2D eigenvalue weighted by Crippen LogP contribution is -2.09. The van der Waals surface area contributed by atoms with E-state index in [0.717, 1.165) is 12.2 Å². The Balaban J connectivity index is 2.68. The molecule has 0 N–H and O–H groups in total. The fraction of sp³-hybridized carbons (Fsp3) is 0.545. The van der Waals surface area contributed by atoms with Gasteiger partial charge in [0.05, 0.1) is 0 Å². The van der Waals surface area contributed by atoms with E-state index in [9.17, 15) is 0 Å². The monoisotopic (exact) mass is 176 g/mol. The van der Waals surface area contributed by atoms with Crippen LogP contribution < -0.4 is 0 Å². The maximum absolute atomic E-state index is 8.79. The normalized spacial score (nSPS) is 10.3. The summed E-state index contributed by atoms with van der Waals surface area (Å²) in [5.41, 5.74) is 0.770. The molecule has 1 rings (SSSR count). The van der Waals surface area contributed by atoms with Crippen LogP contribution in [0.5, 0.6) is 0 Å². The molecule has 1 aromatic heterocycles. The van der Waals surface area contributed by atoms with E-state index in [2.05, 4.69) is 19.9 Å². The van der Waals surface area contributed by atoms with E-state index in [0.29, 0.717) is 5.92 Å². The molecule has 0 bridgehead atoms. The van der Waals surface area contributed by atoms with Crippen LogP contribution in [0.15, 0.2) is 18.3 Å². The van der Waals surface area contributed by atoms with Crippen molar-refractivity contribution < 1.29 is 0 Å². The van der Waals surface area contributed by atoms with Crippen LogP contribution in [0.2, 0.25) is 0 Å². The molecular formula is C11H16N2. The molecule has 0 aliphatic rings. The molecule has 0 atom stereocenters. The fourth-order valence-corrected chi connectivity index (χ4v) is 1.50. The molecule has 0 aliphatic carbocycles. The second-order valence-electron chi connectivity index (χ2n) is 3.34. The van der Waals surface area contributed by atoms with Crippen molar-refractivity contribution in [2.45, 2.75) is 33.2 Å². The number of nitrogens with zero attached hydrogens (tertiary/aromatic N) is 2. The van der Waals surface area contributed by atoms with Crippen LogP contribution in [0.25, 0.3) is 0 Å². The van der Waals surface area contributed by atoms with E-state index in [4.69, 9.17) is 5.26 Å². The third-order valence-corrected chi connectivity index (χ3v) is 2.55. The number of hydrogen-bond donors (Lipinski definition) is 0. The number of aromatic nitrogens is 1. The van der Waals surface area contributed by atoms with Crippen LogP contribution in [-0.4, -0.2) is 4.57 Å². The summed E-state index contributed by atoms with van der Waals surface area (Å²) in [6.45, 7) is 5.37. The van der Waals surface area contributed by atoms with Crippen molar-refractivity contribution in [2.75, 3.05) is 0 Å². The van der Waals surface area contributed by atoms with Gasteiger partial charge in [0.15, 0.2) is 0 Å². The first kappa shape index (κ1) is 9.85. The smallest absolute Gasteiger partial charge is 0.120 e. The Morgan fingerprint density at radius 1 is 1.46 bits per heavy atom. The molecule has 0 spiro atoms. The molecule has 0 aromatic carbocycles. The quantitative estimate of drug-likeness (QED) is 0.693. The Morgan fingerprint density at radius 2 is 2.15 bits per heavy atom. The van der Waals surface area contributed by atoms with Gasteiger partial charge in [0.2, 0.25) is 0 Å². The zero-order valence-corrected chi connectivity index (χ0v) is 8.33. The van der Waals surface area contributed by atoms with E-state index in [1.165, 1.54) is 12.8 Å². The fourth-order valence-electron chi connectivity index (χ4n) is 1.50. The molecule has 2 heteroatoms. The molecule has 70 valence electrons. The molecule has 0 saturated carbocycles. The van der Waals surface area contributed by atoms with Crippen molar-refractivity contribution in [3.05, 3.63) is 24.0 Å². The summed E-state index contributed by atoms with van der Waals surface area (Å²) < 4.78 is 2.04. The van der Waals surface area contributed by atoms with Gasteiger partial charge in [0.1, 0.15) is 11.8 Å². The third-order valence-electron chi connectivity index (χ3n) is 2.55. The Labute approximate surface area is 79.8 Å². The largest absolute Gasteiger partial charge is 0.339 e. The van der Waals surface area contributed by atoms with Gasteiger partial charge in [-0.15, -0.1) is 0 Å². The van der Waals surface area contributed by atoms with Crippen molar-refractivity contribution in [1.29, 1.82) is 5.26 Å². The van der Waals surface area contributed by atoms with Crippen LogP contribution in [0.3, 0.4) is 0 Å². The predicted molar refractivity (Wildman–Crippen MR) is 53.2 cm³/mol. The van der Waals surface area contributed by atoms with Crippen LogP contribution in [0, 0.1) is 17.2 Å². The zero-order chi connectivity index (χ0) is 9.68. The highest BCUT2D eigenvalue weighted by Gasteiger charge is 2.06. The van der Waals surface area contributed by atoms with Crippen LogP contribution in [0.1, 0.15) is 32.4 Å². The van der Waals surface area contributed by atoms with Crippen molar-refractivity contribution in [1.82, 2.24) is 4.57 Å². The van der Waals surface area contributed by atoms with E-state index in [1.807, 2.05) is 22.9 Å². The van der Waals surface area contributed by atoms with Gasteiger partial charge >= 0.3 is 0 Å². The van der Waals surface area contributed by atoms with Crippen LogP contribution >= 0.6 is 0 Å². The molecule has 1 aromatic rings. The van der Waals surface area contributed by atoms with E-state index in [1.54, 1.807) is 0 Å². The van der Waals surface area contributed by atoms with Gasteiger partial charge in [-0.1, -0.05) is 26.7 Å². The summed E-state index contributed by atoms with van der Waals surface area (Å²) >= 11 is 0.